The highest BCUT2D eigenvalue weighted by Gasteiger charge is 2.16. The van der Waals surface area contributed by atoms with E-state index in [2.05, 4.69) is 15.3 Å². The van der Waals surface area contributed by atoms with Crippen LogP contribution in [0.1, 0.15) is 24.1 Å². The summed E-state index contributed by atoms with van der Waals surface area (Å²) in [6.45, 7) is 4.38. The Morgan fingerprint density at radius 3 is 2.76 bits per heavy atom. The highest BCUT2D eigenvalue weighted by molar-refractivity contribution is 5.21. The van der Waals surface area contributed by atoms with Crippen LogP contribution in [-0.4, -0.2) is 34.8 Å². The van der Waals surface area contributed by atoms with Crippen molar-refractivity contribution < 1.29 is 4.39 Å². The summed E-state index contributed by atoms with van der Waals surface area (Å²) in [6, 6.07) is 6.95. The maximum Gasteiger partial charge on any atom is 0.128 e. The zero-order valence-electron chi connectivity index (χ0n) is 12.9. The second kappa shape index (κ2) is 7.33. The third-order valence-corrected chi connectivity index (χ3v) is 3.44. The summed E-state index contributed by atoms with van der Waals surface area (Å²) >= 11 is 0. The maximum atomic E-state index is 14.0. The molecule has 4 nitrogen and oxygen atoms in total. The Morgan fingerprint density at radius 1 is 1.38 bits per heavy atom. The molecular weight excluding hydrogens is 267 g/mol. The normalized spacial score (nSPS) is 12.8. The average Bonchev–Trinajstić information content (AvgIpc) is 2.84. The van der Waals surface area contributed by atoms with Gasteiger partial charge in [-0.3, -0.25) is 4.68 Å². The number of likely N-dealkylation sites (N-methyl/N-ethyl adjacent to an activating group) is 2. The number of hydrogen-bond acceptors (Lipinski definition) is 3. The Bertz CT molecular complexity index is 567. The van der Waals surface area contributed by atoms with Gasteiger partial charge in [0, 0.05) is 43.5 Å². The molecule has 21 heavy (non-hydrogen) atoms. The summed E-state index contributed by atoms with van der Waals surface area (Å²) in [7, 11) is 3.95. The number of halogens is 1. The number of hydrogen-bond donors (Lipinski definition) is 1. The molecule has 0 spiro atoms. The lowest BCUT2D eigenvalue weighted by Gasteiger charge is -2.25. The molecule has 2 aromatic rings. The van der Waals surface area contributed by atoms with Crippen LogP contribution in [0.15, 0.2) is 36.7 Å². The van der Waals surface area contributed by atoms with E-state index >= 15 is 0 Å². The molecule has 0 aliphatic rings. The molecule has 2 rings (SSSR count). The van der Waals surface area contributed by atoms with E-state index in [1.165, 1.54) is 6.07 Å². The van der Waals surface area contributed by atoms with Crippen LogP contribution in [0, 0.1) is 5.82 Å². The Balaban J connectivity index is 2.04. The summed E-state index contributed by atoms with van der Waals surface area (Å²) in [5.41, 5.74) is 1.88. The minimum absolute atomic E-state index is 0.0159. The molecule has 0 aliphatic carbocycles. The van der Waals surface area contributed by atoms with Gasteiger partial charge >= 0.3 is 0 Å². The Morgan fingerprint density at radius 2 is 2.14 bits per heavy atom. The van der Waals surface area contributed by atoms with Crippen LogP contribution in [-0.2, 0) is 13.6 Å². The smallest absolute Gasteiger partial charge is 0.128 e. The molecule has 1 atom stereocenters. The van der Waals surface area contributed by atoms with Crippen molar-refractivity contribution in [3.63, 3.8) is 0 Å². The fourth-order valence-corrected chi connectivity index (χ4v) is 2.52. The SMILES string of the molecule is CCNC(CN(C)Cc1cnn(C)c1)c1ccccc1F. The summed E-state index contributed by atoms with van der Waals surface area (Å²) in [4.78, 5) is 2.18. The molecule has 0 saturated carbocycles. The monoisotopic (exact) mass is 290 g/mol. The molecule has 0 bridgehead atoms. The molecule has 0 fully saturated rings. The highest BCUT2D eigenvalue weighted by Crippen LogP contribution is 2.18. The van der Waals surface area contributed by atoms with Crippen molar-refractivity contribution >= 4 is 0 Å². The minimum atomic E-state index is -0.154. The Labute approximate surface area is 125 Å². The molecule has 1 unspecified atom stereocenters. The molecule has 1 aromatic carbocycles. The van der Waals surface area contributed by atoms with Crippen molar-refractivity contribution in [2.24, 2.45) is 7.05 Å². The molecular formula is C16H23FN4. The molecule has 1 aromatic heterocycles. The lowest BCUT2D eigenvalue weighted by atomic mass is 10.1. The first kappa shape index (κ1) is 15.7. The number of aryl methyl sites for hydroxylation is 1. The van der Waals surface area contributed by atoms with Gasteiger partial charge < -0.3 is 10.2 Å². The van der Waals surface area contributed by atoms with E-state index < -0.39 is 0 Å². The first-order valence-electron chi connectivity index (χ1n) is 7.24. The van der Waals surface area contributed by atoms with Gasteiger partial charge in [-0.2, -0.15) is 5.10 Å². The lowest BCUT2D eigenvalue weighted by Crippen LogP contribution is -2.33. The number of nitrogens with zero attached hydrogens (tertiary/aromatic N) is 3. The van der Waals surface area contributed by atoms with Gasteiger partial charge in [-0.25, -0.2) is 4.39 Å². The molecule has 5 heteroatoms. The van der Waals surface area contributed by atoms with Gasteiger partial charge in [-0.1, -0.05) is 25.1 Å². The first-order valence-corrected chi connectivity index (χ1v) is 7.24. The van der Waals surface area contributed by atoms with Crippen LogP contribution in [0.5, 0.6) is 0 Å². The summed E-state index contributed by atoms with van der Waals surface area (Å²) in [6.07, 6.45) is 3.86. The Kier molecular flexibility index (Phi) is 5.47. The van der Waals surface area contributed by atoms with Crippen molar-refractivity contribution in [2.75, 3.05) is 20.1 Å². The third kappa shape index (κ3) is 4.37. The van der Waals surface area contributed by atoms with Gasteiger partial charge in [0.1, 0.15) is 5.82 Å². The average molecular weight is 290 g/mol. The lowest BCUT2D eigenvalue weighted by molar-refractivity contribution is 0.282. The van der Waals surface area contributed by atoms with Crippen molar-refractivity contribution in [1.29, 1.82) is 0 Å². The second-order valence-corrected chi connectivity index (χ2v) is 5.35. The molecule has 0 saturated heterocycles. The maximum absolute atomic E-state index is 14.0. The van der Waals surface area contributed by atoms with Gasteiger partial charge in [0.05, 0.1) is 6.20 Å². The zero-order valence-corrected chi connectivity index (χ0v) is 12.9. The van der Waals surface area contributed by atoms with E-state index in [-0.39, 0.29) is 11.9 Å². The van der Waals surface area contributed by atoms with Crippen LogP contribution >= 0.6 is 0 Å². The summed E-state index contributed by atoms with van der Waals surface area (Å²) in [5, 5.41) is 7.53. The van der Waals surface area contributed by atoms with Gasteiger partial charge in [-0.05, 0) is 19.7 Å². The predicted molar refractivity (Wildman–Crippen MR) is 82.4 cm³/mol. The fourth-order valence-electron chi connectivity index (χ4n) is 2.52. The van der Waals surface area contributed by atoms with Gasteiger partial charge in [0.2, 0.25) is 0 Å². The van der Waals surface area contributed by atoms with Crippen LogP contribution in [0.4, 0.5) is 4.39 Å². The fraction of sp³-hybridized carbons (Fsp3) is 0.438. The van der Waals surface area contributed by atoms with Crippen LogP contribution in [0.25, 0.3) is 0 Å². The zero-order chi connectivity index (χ0) is 15.2. The molecule has 0 radical (unpaired) electrons. The number of nitrogens with one attached hydrogen (secondary N) is 1. The largest absolute Gasteiger partial charge is 0.309 e. The standard InChI is InChI=1S/C16H23FN4/c1-4-18-16(14-7-5-6-8-15(14)17)12-20(2)10-13-9-19-21(3)11-13/h5-9,11,16,18H,4,10,12H2,1-3H3. The number of aromatic nitrogens is 2. The number of benzene rings is 1. The quantitative estimate of drug-likeness (QED) is 0.849. The third-order valence-electron chi connectivity index (χ3n) is 3.44. The van der Waals surface area contributed by atoms with Crippen molar-refractivity contribution in [1.82, 2.24) is 20.0 Å². The second-order valence-electron chi connectivity index (χ2n) is 5.35. The number of rotatable bonds is 7. The van der Waals surface area contributed by atoms with E-state index in [0.29, 0.717) is 0 Å². The van der Waals surface area contributed by atoms with E-state index in [0.717, 1.165) is 30.8 Å². The van der Waals surface area contributed by atoms with Crippen LogP contribution in [0.2, 0.25) is 0 Å². The molecule has 0 amide bonds. The highest BCUT2D eigenvalue weighted by atomic mass is 19.1. The van der Waals surface area contributed by atoms with E-state index in [1.807, 2.05) is 45.5 Å². The predicted octanol–water partition coefficient (Wildman–Crippen LogP) is 2.34. The van der Waals surface area contributed by atoms with Crippen LogP contribution < -0.4 is 5.32 Å². The van der Waals surface area contributed by atoms with Crippen molar-refractivity contribution in [2.45, 2.75) is 19.5 Å². The van der Waals surface area contributed by atoms with Gasteiger partial charge in [-0.15, -0.1) is 0 Å². The topological polar surface area (TPSA) is 33.1 Å². The summed E-state index contributed by atoms with van der Waals surface area (Å²) < 4.78 is 15.8. The molecule has 0 aliphatic heterocycles. The molecule has 114 valence electrons. The van der Waals surface area contributed by atoms with Crippen molar-refractivity contribution in [3.8, 4) is 0 Å². The first-order chi connectivity index (χ1) is 10.1. The van der Waals surface area contributed by atoms with E-state index in [1.54, 1.807) is 10.7 Å². The van der Waals surface area contributed by atoms with Gasteiger partial charge in [0.15, 0.2) is 0 Å². The molecule has 1 heterocycles. The minimum Gasteiger partial charge on any atom is -0.309 e. The van der Waals surface area contributed by atoms with Crippen molar-refractivity contribution in [3.05, 3.63) is 53.6 Å². The van der Waals surface area contributed by atoms with E-state index in [9.17, 15) is 4.39 Å². The van der Waals surface area contributed by atoms with E-state index in [4.69, 9.17) is 0 Å². The van der Waals surface area contributed by atoms with Gasteiger partial charge in [0.25, 0.3) is 0 Å². The summed E-state index contributed by atoms with van der Waals surface area (Å²) in [5.74, 6) is -0.154. The molecule has 1 N–H and O–H groups in total. The Hall–Kier alpha value is -1.72. The van der Waals surface area contributed by atoms with Crippen LogP contribution in [0.3, 0.4) is 0 Å².